The molecule has 0 spiro atoms. The molecule has 0 radical (unpaired) electrons. The minimum atomic E-state index is 0.482. The smallest absolute Gasteiger partial charge is 0.227 e. The van der Waals surface area contributed by atoms with Crippen LogP contribution in [0, 0.1) is 18.3 Å². The molecule has 3 heterocycles. The summed E-state index contributed by atoms with van der Waals surface area (Å²) in [5.41, 5.74) is 4.98. The van der Waals surface area contributed by atoms with E-state index < -0.39 is 0 Å². The van der Waals surface area contributed by atoms with Gasteiger partial charge in [0.05, 0.1) is 27.0 Å². The van der Waals surface area contributed by atoms with E-state index in [9.17, 15) is 5.26 Å². The van der Waals surface area contributed by atoms with Gasteiger partial charge in [-0.2, -0.15) is 5.26 Å². The van der Waals surface area contributed by atoms with Gasteiger partial charge in [0, 0.05) is 48.0 Å². The summed E-state index contributed by atoms with van der Waals surface area (Å²) in [6.07, 6.45) is 8.27. The number of ether oxygens (including phenoxy) is 1. The van der Waals surface area contributed by atoms with Crippen LogP contribution < -0.4 is 10.1 Å². The van der Waals surface area contributed by atoms with E-state index in [1.54, 1.807) is 35.5 Å². The third kappa shape index (κ3) is 6.02. The van der Waals surface area contributed by atoms with Crippen LogP contribution in [0.2, 0.25) is 0 Å². The Kier molecular flexibility index (Phi) is 8.54. The largest absolute Gasteiger partial charge is 0.493 e. The zero-order chi connectivity index (χ0) is 25.5. The second kappa shape index (κ2) is 12.0. The van der Waals surface area contributed by atoms with Crippen molar-refractivity contribution in [1.29, 1.82) is 5.26 Å². The molecule has 4 aromatic rings. The van der Waals surface area contributed by atoms with Gasteiger partial charge in [-0.05, 0) is 57.5 Å². The first-order chi connectivity index (χ1) is 17.5. The van der Waals surface area contributed by atoms with Gasteiger partial charge in [-0.25, -0.2) is 9.97 Å². The van der Waals surface area contributed by atoms with Crippen LogP contribution in [0.3, 0.4) is 0 Å². The topological polar surface area (TPSA) is 87.0 Å². The van der Waals surface area contributed by atoms with Crippen LogP contribution in [0.25, 0.3) is 21.7 Å². The SMILES string of the molecule is CSc1sc(-c2nc(Nc3cccc(OCCCN(C)C)c3)ncc2C)c(-c2cccnc2)c1C#N. The average Bonchev–Trinajstić information content (AvgIpc) is 3.27. The van der Waals surface area contributed by atoms with Crippen molar-refractivity contribution in [2.75, 3.05) is 38.8 Å². The monoisotopic (exact) mass is 516 g/mol. The number of anilines is 2. The molecular weight excluding hydrogens is 488 g/mol. The van der Waals surface area contributed by atoms with Gasteiger partial charge in [-0.3, -0.25) is 4.98 Å². The second-order valence-electron chi connectivity index (χ2n) is 8.41. The number of nitrogens with one attached hydrogen (secondary N) is 1. The van der Waals surface area contributed by atoms with Crippen LogP contribution in [0.15, 0.2) is 59.2 Å². The molecule has 9 heteroatoms. The van der Waals surface area contributed by atoms with Gasteiger partial charge in [0.25, 0.3) is 0 Å². The predicted octanol–water partition coefficient (Wildman–Crippen LogP) is 6.24. The van der Waals surface area contributed by atoms with Crippen LogP contribution in [0.1, 0.15) is 17.5 Å². The van der Waals surface area contributed by atoms with Crippen molar-refractivity contribution in [3.05, 3.63) is 66.1 Å². The number of hydrogen-bond donors (Lipinski definition) is 1. The van der Waals surface area contributed by atoms with E-state index in [2.05, 4.69) is 40.3 Å². The molecule has 7 nitrogen and oxygen atoms in total. The summed E-state index contributed by atoms with van der Waals surface area (Å²) in [4.78, 5) is 16.7. The Morgan fingerprint density at radius 1 is 1.19 bits per heavy atom. The number of thiophene rings is 1. The van der Waals surface area contributed by atoms with Crippen LogP contribution in [0.5, 0.6) is 5.75 Å². The Bertz CT molecular complexity index is 1360. The van der Waals surface area contributed by atoms with Crippen molar-refractivity contribution < 1.29 is 4.74 Å². The van der Waals surface area contributed by atoms with Crippen LogP contribution >= 0.6 is 23.1 Å². The van der Waals surface area contributed by atoms with Gasteiger partial charge < -0.3 is 15.0 Å². The minimum absolute atomic E-state index is 0.482. The summed E-state index contributed by atoms with van der Waals surface area (Å²) in [6.45, 7) is 3.62. The van der Waals surface area contributed by atoms with Crippen molar-refractivity contribution in [2.24, 2.45) is 0 Å². The molecule has 36 heavy (non-hydrogen) atoms. The molecule has 4 rings (SSSR count). The standard InChI is InChI=1S/C27H28N6OS2/c1-18-16-30-27(31-20-9-5-10-21(14-20)34-13-7-12-33(2)3)32-24(18)25-23(19-8-6-11-29-17-19)22(15-28)26(35-4)36-25/h5-6,8-11,14,16-17H,7,12-13H2,1-4H3,(H,30,31,32). The predicted molar refractivity (Wildman–Crippen MR) is 148 cm³/mol. The van der Waals surface area contributed by atoms with Gasteiger partial charge >= 0.3 is 0 Å². The van der Waals surface area contributed by atoms with Crippen LogP contribution in [0.4, 0.5) is 11.6 Å². The maximum atomic E-state index is 9.96. The number of aromatic nitrogens is 3. The molecule has 0 aliphatic heterocycles. The average molecular weight is 517 g/mol. The molecule has 0 amide bonds. The highest BCUT2D eigenvalue weighted by atomic mass is 32.2. The molecular formula is C27H28N6OS2. The van der Waals surface area contributed by atoms with Crippen molar-refractivity contribution in [1.82, 2.24) is 19.9 Å². The van der Waals surface area contributed by atoms with Gasteiger partial charge in [0.15, 0.2) is 0 Å². The maximum Gasteiger partial charge on any atom is 0.227 e. The summed E-state index contributed by atoms with van der Waals surface area (Å²) < 4.78 is 6.86. The first-order valence-corrected chi connectivity index (χ1v) is 13.5. The van der Waals surface area contributed by atoms with Crippen LogP contribution in [-0.4, -0.2) is 53.4 Å². The van der Waals surface area contributed by atoms with Crippen molar-refractivity contribution in [3.63, 3.8) is 0 Å². The number of nitriles is 1. The Hall–Kier alpha value is -3.45. The molecule has 1 aromatic carbocycles. The molecule has 0 aliphatic carbocycles. The molecule has 184 valence electrons. The highest BCUT2D eigenvalue weighted by Gasteiger charge is 2.23. The summed E-state index contributed by atoms with van der Waals surface area (Å²) in [7, 11) is 4.11. The number of rotatable bonds is 10. The molecule has 0 fully saturated rings. The third-order valence-corrected chi connectivity index (χ3v) is 7.73. The number of hydrogen-bond acceptors (Lipinski definition) is 9. The van der Waals surface area contributed by atoms with E-state index in [0.29, 0.717) is 18.1 Å². The molecule has 0 aliphatic rings. The lowest BCUT2D eigenvalue weighted by molar-refractivity contribution is 0.281. The van der Waals surface area contributed by atoms with Gasteiger partial charge in [0.2, 0.25) is 5.95 Å². The minimum Gasteiger partial charge on any atom is -0.493 e. The highest BCUT2D eigenvalue weighted by Crippen LogP contribution is 2.46. The fraction of sp³-hybridized carbons (Fsp3) is 0.259. The summed E-state index contributed by atoms with van der Waals surface area (Å²) in [5, 5.41) is 13.3. The Labute approximate surface area is 220 Å². The first kappa shape index (κ1) is 25.6. The van der Waals surface area contributed by atoms with Gasteiger partial charge in [0.1, 0.15) is 11.8 Å². The van der Waals surface area contributed by atoms with E-state index in [1.807, 2.05) is 55.8 Å². The number of aryl methyl sites for hydroxylation is 1. The van der Waals surface area contributed by atoms with E-state index in [-0.39, 0.29) is 0 Å². The Balaban J connectivity index is 1.64. The molecule has 0 saturated carbocycles. The quantitative estimate of drug-likeness (QED) is 0.196. The normalized spacial score (nSPS) is 10.9. The number of nitrogens with zero attached hydrogens (tertiary/aromatic N) is 5. The molecule has 0 unspecified atom stereocenters. The lowest BCUT2D eigenvalue weighted by Crippen LogP contribution is -2.15. The summed E-state index contributed by atoms with van der Waals surface area (Å²) >= 11 is 3.14. The zero-order valence-electron chi connectivity index (χ0n) is 20.8. The highest BCUT2D eigenvalue weighted by molar-refractivity contribution is 8.00. The molecule has 0 saturated heterocycles. The third-order valence-electron chi connectivity index (χ3n) is 5.42. The maximum absolute atomic E-state index is 9.96. The summed E-state index contributed by atoms with van der Waals surface area (Å²) in [5.74, 6) is 1.28. The number of pyridine rings is 1. The number of benzene rings is 1. The van der Waals surface area contributed by atoms with E-state index >= 15 is 0 Å². The lowest BCUT2D eigenvalue weighted by Gasteiger charge is -2.12. The van der Waals surface area contributed by atoms with E-state index in [0.717, 1.165) is 55.9 Å². The van der Waals surface area contributed by atoms with Crippen LogP contribution in [-0.2, 0) is 0 Å². The van der Waals surface area contributed by atoms with Gasteiger partial charge in [-0.1, -0.05) is 12.1 Å². The van der Waals surface area contributed by atoms with Gasteiger partial charge in [-0.15, -0.1) is 23.1 Å². The Morgan fingerprint density at radius 2 is 2.06 bits per heavy atom. The fourth-order valence-electron chi connectivity index (χ4n) is 3.70. The van der Waals surface area contributed by atoms with Crippen molar-refractivity contribution >= 4 is 34.7 Å². The molecule has 0 bridgehead atoms. The van der Waals surface area contributed by atoms with Crippen molar-refractivity contribution in [3.8, 4) is 33.5 Å². The zero-order valence-corrected chi connectivity index (χ0v) is 22.4. The molecule has 1 N–H and O–H groups in total. The molecule has 3 aromatic heterocycles. The van der Waals surface area contributed by atoms with E-state index in [1.165, 1.54) is 0 Å². The number of thioether (sulfide) groups is 1. The second-order valence-corrected chi connectivity index (χ2v) is 10.5. The Morgan fingerprint density at radius 3 is 2.78 bits per heavy atom. The van der Waals surface area contributed by atoms with E-state index in [4.69, 9.17) is 9.72 Å². The fourth-order valence-corrected chi connectivity index (χ4v) is 5.70. The lowest BCUT2D eigenvalue weighted by atomic mass is 10.0. The summed E-state index contributed by atoms with van der Waals surface area (Å²) in [6, 6.07) is 14.1. The molecule has 0 atom stereocenters. The first-order valence-electron chi connectivity index (χ1n) is 11.5. The van der Waals surface area contributed by atoms with Crippen molar-refractivity contribution in [2.45, 2.75) is 17.6 Å².